The first-order valence-electron chi connectivity index (χ1n) is 4.47. The molecule has 0 N–H and O–H groups in total. The number of hydrogen-bond donors (Lipinski definition) is 0. The lowest BCUT2D eigenvalue weighted by Gasteiger charge is -2.06. The molecule has 1 aromatic rings. The monoisotopic (exact) mass is 230 g/mol. The van der Waals surface area contributed by atoms with Crippen molar-refractivity contribution in [2.75, 3.05) is 6.26 Å². The number of aromatic nitrogens is 2. The average Bonchev–Trinajstić information content (AvgIpc) is 2.41. The Morgan fingerprint density at radius 3 is 2.40 bits per heavy atom. The van der Waals surface area contributed by atoms with Crippen molar-refractivity contribution in [2.45, 2.75) is 19.1 Å². The molecule has 0 saturated heterocycles. The van der Waals surface area contributed by atoms with Crippen LogP contribution >= 0.6 is 0 Å². The molecule has 0 saturated carbocycles. The van der Waals surface area contributed by atoms with E-state index in [4.69, 9.17) is 0 Å². The molecule has 0 fully saturated rings. The van der Waals surface area contributed by atoms with E-state index in [2.05, 4.69) is 5.10 Å². The highest BCUT2D eigenvalue weighted by atomic mass is 32.2. The van der Waals surface area contributed by atoms with Crippen molar-refractivity contribution < 1.29 is 13.2 Å². The van der Waals surface area contributed by atoms with Crippen LogP contribution < -0.4 is 0 Å². The van der Waals surface area contributed by atoms with Crippen LogP contribution in [0.4, 0.5) is 0 Å². The number of carbonyl (C=O) groups excluding carboxylic acids is 1. The second kappa shape index (κ2) is 3.77. The van der Waals surface area contributed by atoms with Gasteiger partial charge in [-0.15, -0.1) is 0 Å². The van der Waals surface area contributed by atoms with Gasteiger partial charge < -0.3 is 0 Å². The molecule has 0 spiro atoms. The van der Waals surface area contributed by atoms with E-state index in [-0.39, 0.29) is 0 Å². The van der Waals surface area contributed by atoms with Gasteiger partial charge in [0.05, 0.1) is 11.3 Å². The van der Waals surface area contributed by atoms with E-state index in [1.54, 1.807) is 20.2 Å². The molecule has 1 heterocycles. The van der Waals surface area contributed by atoms with Gasteiger partial charge in [0.15, 0.2) is 15.6 Å². The Morgan fingerprint density at radius 1 is 1.53 bits per heavy atom. The van der Waals surface area contributed by atoms with E-state index in [0.29, 0.717) is 11.3 Å². The molecule has 1 rings (SSSR count). The summed E-state index contributed by atoms with van der Waals surface area (Å²) in [7, 11) is -1.65. The maximum Gasteiger partial charge on any atom is 0.184 e. The van der Waals surface area contributed by atoms with Gasteiger partial charge in [0.1, 0.15) is 5.25 Å². The topological polar surface area (TPSA) is 69.0 Å². The van der Waals surface area contributed by atoms with Crippen molar-refractivity contribution in [3.8, 4) is 0 Å². The Labute approximate surface area is 89.0 Å². The highest BCUT2D eigenvalue weighted by Gasteiger charge is 2.26. The molecule has 5 nitrogen and oxygen atoms in total. The molecular weight excluding hydrogens is 216 g/mol. The van der Waals surface area contributed by atoms with Crippen LogP contribution in [0, 0.1) is 6.92 Å². The molecule has 1 atom stereocenters. The number of sulfone groups is 1. The third-order valence-electron chi connectivity index (χ3n) is 2.29. The lowest BCUT2D eigenvalue weighted by molar-refractivity contribution is 0.0991. The smallest absolute Gasteiger partial charge is 0.184 e. The Kier molecular flexibility index (Phi) is 2.99. The summed E-state index contributed by atoms with van der Waals surface area (Å²) in [5.74, 6) is -0.400. The van der Waals surface area contributed by atoms with Gasteiger partial charge in [-0.3, -0.25) is 9.48 Å². The first kappa shape index (κ1) is 11.9. The molecule has 0 aromatic carbocycles. The summed E-state index contributed by atoms with van der Waals surface area (Å²) in [5, 5.41) is 2.98. The number of aryl methyl sites for hydroxylation is 2. The van der Waals surface area contributed by atoms with Crippen LogP contribution in [0.2, 0.25) is 0 Å². The molecule has 0 aliphatic carbocycles. The summed E-state index contributed by atoms with van der Waals surface area (Å²) in [6.45, 7) is 3.08. The first-order chi connectivity index (χ1) is 6.73. The summed E-state index contributed by atoms with van der Waals surface area (Å²) in [4.78, 5) is 11.8. The highest BCUT2D eigenvalue weighted by Crippen LogP contribution is 2.12. The van der Waals surface area contributed by atoms with Crippen molar-refractivity contribution in [2.24, 2.45) is 7.05 Å². The second-order valence-electron chi connectivity index (χ2n) is 3.64. The number of hydrogen-bond acceptors (Lipinski definition) is 4. The largest absolute Gasteiger partial charge is 0.293 e. The van der Waals surface area contributed by atoms with E-state index < -0.39 is 20.9 Å². The predicted octanol–water partition coefficient (Wildman–Crippen LogP) is 0.344. The van der Waals surface area contributed by atoms with Crippen LogP contribution in [0.3, 0.4) is 0 Å². The minimum atomic E-state index is -3.34. The van der Waals surface area contributed by atoms with Crippen LogP contribution in [-0.2, 0) is 16.9 Å². The molecule has 0 radical (unpaired) electrons. The fourth-order valence-corrected chi connectivity index (χ4v) is 1.77. The van der Waals surface area contributed by atoms with Gasteiger partial charge in [-0.2, -0.15) is 5.10 Å². The van der Waals surface area contributed by atoms with Crippen molar-refractivity contribution in [1.29, 1.82) is 0 Å². The number of Topliss-reactive ketones (excluding diaryl/α,β-unsaturated/α-hetero) is 1. The average molecular weight is 230 g/mol. The van der Waals surface area contributed by atoms with Crippen molar-refractivity contribution in [3.05, 3.63) is 17.5 Å². The molecule has 0 aliphatic rings. The van der Waals surface area contributed by atoms with Crippen molar-refractivity contribution in [3.63, 3.8) is 0 Å². The van der Waals surface area contributed by atoms with Gasteiger partial charge in [-0.25, -0.2) is 8.42 Å². The zero-order valence-corrected chi connectivity index (χ0v) is 10.00. The van der Waals surface area contributed by atoms with Gasteiger partial charge >= 0.3 is 0 Å². The summed E-state index contributed by atoms with van der Waals surface area (Å²) >= 11 is 0. The van der Waals surface area contributed by atoms with E-state index in [0.717, 1.165) is 6.26 Å². The van der Waals surface area contributed by atoms with Gasteiger partial charge in [0.2, 0.25) is 0 Å². The van der Waals surface area contributed by atoms with Crippen LogP contribution in [0.5, 0.6) is 0 Å². The molecule has 0 aliphatic heterocycles. The van der Waals surface area contributed by atoms with Gasteiger partial charge in [-0.1, -0.05) is 0 Å². The highest BCUT2D eigenvalue weighted by molar-refractivity contribution is 7.92. The van der Waals surface area contributed by atoms with E-state index in [9.17, 15) is 13.2 Å². The van der Waals surface area contributed by atoms with E-state index >= 15 is 0 Å². The summed E-state index contributed by atoms with van der Waals surface area (Å²) < 4.78 is 23.9. The summed E-state index contributed by atoms with van der Waals surface area (Å²) in [5.41, 5.74) is 0.924. The Bertz CT molecular complexity index is 487. The molecule has 15 heavy (non-hydrogen) atoms. The molecule has 1 unspecified atom stereocenters. The van der Waals surface area contributed by atoms with Crippen molar-refractivity contribution >= 4 is 15.6 Å². The Balaban J connectivity index is 3.11. The van der Waals surface area contributed by atoms with Crippen molar-refractivity contribution in [1.82, 2.24) is 9.78 Å². The molecule has 6 heteroatoms. The zero-order chi connectivity index (χ0) is 11.8. The van der Waals surface area contributed by atoms with Gasteiger partial charge in [0, 0.05) is 19.5 Å². The maximum absolute atomic E-state index is 11.8. The fraction of sp³-hybridized carbons (Fsp3) is 0.556. The van der Waals surface area contributed by atoms with Gasteiger partial charge in [-0.05, 0) is 13.8 Å². The SMILES string of the molecule is Cc1nn(C)cc1C(=O)C(C)S(C)(=O)=O. The standard InChI is InChI=1S/C9H14N2O3S/c1-6-8(5-11(3)10-6)9(12)7(2)15(4,13)14/h5,7H,1-4H3. The van der Waals surface area contributed by atoms with Crippen LogP contribution in [0.1, 0.15) is 23.0 Å². The third kappa shape index (κ3) is 2.44. The number of ketones is 1. The first-order valence-corrected chi connectivity index (χ1v) is 6.42. The predicted molar refractivity (Wildman–Crippen MR) is 56.6 cm³/mol. The molecule has 0 bridgehead atoms. The van der Waals surface area contributed by atoms with Crippen LogP contribution in [0.15, 0.2) is 6.20 Å². The maximum atomic E-state index is 11.8. The normalized spacial score (nSPS) is 13.9. The Morgan fingerprint density at radius 2 is 2.07 bits per heavy atom. The van der Waals surface area contributed by atoms with E-state index in [1.807, 2.05) is 0 Å². The lowest BCUT2D eigenvalue weighted by Crippen LogP contribution is -2.26. The zero-order valence-electron chi connectivity index (χ0n) is 9.18. The van der Waals surface area contributed by atoms with Crippen LogP contribution in [-0.4, -0.2) is 35.5 Å². The number of carbonyl (C=O) groups is 1. The molecule has 0 amide bonds. The molecule has 1 aromatic heterocycles. The minimum Gasteiger partial charge on any atom is -0.293 e. The lowest BCUT2D eigenvalue weighted by atomic mass is 10.1. The minimum absolute atomic E-state index is 0.371. The fourth-order valence-electron chi connectivity index (χ4n) is 1.25. The third-order valence-corrected chi connectivity index (χ3v) is 3.79. The summed E-state index contributed by atoms with van der Waals surface area (Å²) in [6.07, 6.45) is 2.60. The number of rotatable bonds is 3. The Hall–Kier alpha value is -1.17. The molecule has 84 valence electrons. The van der Waals surface area contributed by atoms with E-state index in [1.165, 1.54) is 11.6 Å². The van der Waals surface area contributed by atoms with Crippen LogP contribution in [0.25, 0.3) is 0 Å². The number of nitrogens with zero attached hydrogens (tertiary/aromatic N) is 2. The van der Waals surface area contributed by atoms with Gasteiger partial charge in [0.25, 0.3) is 0 Å². The quantitative estimate of drug-likeness (QED) is 0.702. The second-order valence-corrected chi connectivity index (χ2v) is 6.00. The summed E-state index contributed by atoms with van der Waals surface area (Å²) in [6, 6.07) is 0. The molecular formula is C9H14N2O3S.